The Bertz CT molecular complexity index is 1210. The zero-order valence-electron chi connectivity index (χ0n) is 16.8. The molecule has 30 heavy (non-hydrogen) atoms. The highest BCUT2D eigenvalue weighted by molar-refractivity contribution is 5.95. The average molecular weight is 403 g/mol. The van der Waals surface area contributed by atoms with Gasteiger partial charge >= 0.3 is 5.97 Å². The van der Waals surface area contributed by atoms with Crippen LogP contribution in [0.3, 0.4) is 0 Å². The molecule has 0 aliphatic heterocycles. The third-order valence-electron chi connectivity index (χ3n) is 4.54. The zero-order chi connectivity index (χ0) is 21.8. The molecular weight excluding hydrogens is 382 g/mol. The molecule has 1 heterocycles. The molecule has 0 fully saturated rings. The smallest absolute Gasteiger partial charge is 0.335 e. The SMILES string of the molecule is CC(=O)c1[nH]n(-c2ccc(C(=O)O)cc2)c(=O)c1C=C=Cc1ccc(N(C)C)cc1. The highest BCUT2D eigenvalue weighted by atomic mass is 16.4. The molecule has 7 heteroatoms. The molecule has 2 aromatic carbocycles. The van der Waals surface area contributed by atoms with Gasteiger partial charge in [0, 0.05) is 26.7 Å². The van der Waals surface area contributed by atoms with E-state index in [1.807, 2.05) is 43.3 Å². The first-order valence-corrected chi connectivity index (χ1v) is 9.17. The first kappa shape index (κ1) is 20.6. The third kappa shape index (κ3) is 4.32. The number of anilines is 1. The fourth-order valence-corrected chi connectivity index (χ4v) is 2.88. The van der Waals surface area contributed by atoms with Crippen LogP contribution in [0.4, 0.5) is 5.69 Å². The van der Waals surface area contributed by atoms with E-state index in [-0.39, 0.29) is 22.6 Å². The van der Waals surface area contributed by atoms with Crippen molar-refractivity contribution in [3.63, 3.8) is 0 Å². The molecule has 0 atom stereocenters. The number of aromatic nitrogens is 2. The summed E-state index contributed by atoms with van der Waals surface area (Å²) in [4.78, 5) is 37.9. The Kier molecular flexibility index (Phi) is 5.85. The molecule has 0 aliphatic rings. The van der Waals surface area contributed by atoms with Gasteiger partial charge in [-0.05, 0) is 54.1 Å². The second-order valence-corrected chi connectivity index (χ2v) is 6.89. The van der Waals surface area contributed by atoms with Gasteiger partial charge in [0.05, 0.1) is 16.8 Å². The van der Waals surface area contributed by atoms with Gasteiger partial charge in [-0.1, -0.05) is 12.1 Å². The Balaban J connectivity index is 1.98. The van der Waals surface area contributed by atoms with Crippen LogP contribution in [0, 0.1) is 0 Å². The fourth-order valence-electron chi connectivity index (χ4n) is 2.88. The molecule has 0 spiro atoms. The van der Waals surface area contributed by atoms with Gasteiger partial charge in [-0.2, -0.15) is 0 Å². The minimum atomic E-state index is -1.06. The van der Waals surface area contributed by atoms with Crippen LogP contribution in [0.15, 0.2) is 59.1 Å². The number of aromatic amines is 1. The highest BCUT2D eigenvalue weighted by Crippen LogP contribution is 2.14. The molecule has 7 nitrogen and oxygen atoms in total. The number of carbonyl (C=O) groups is 2. The predicted octanol–water partition coefficient (Wildman–Crippen LogP) is 3.46. The van der Waals surface area contributed by atoms with Crippen molar-refractivity contribution in [2.75, 3.05) is 19.0 Å². The van der Waals surface area contributed by atoms with Crippen LogP contribution in [-0.2, 0) is 0 Å². The number of nitrogens with one attached hydrogen (secondary N) is 1. The summed E-state index contributed by atoms with van der Waals surface area (Å²) in [7, 11) is 3.92. The number of benzene rings is 2. The first-order valence-electron chi connectivity index (χ1n) is 9.17. The Labute approximate surface area is 173 Å². The van der Waals surface area contributed by atoms with E-state index < -0.39 is 11.5 Å². The maximum absolute atomic E-state index is 12.8. The van der Waals surface area contributed by atoms with Crippen molar-refractivity contribution < 1.29 is 14.7 Å². The number of carboxylic acid groups (broad SMARTS) is 1. The summed E-state index contributed by atoms with van der Waals surface area (Å²) in [6, 6.07) is 13.6. The van der Waals surface area contributed by atoms with Crippen molar-refractivity contribution in [2.45, 2.75) is 6.92 Å². The number of nitrogens with zero attached hydrogens (tertiary/aromatic N) is 2. The van der Waals surface area contributed by atoms with Crippen molar-refractivity contribution >= 4 is 29.6 Å². The Morgan fingerprint density at radius 1 is 1.03 bits per heavy atom. The van der Waals surface area contributed by atoms with Crippen LogP contribution in [0.5, 0.6) is 0 Å². The average Bonchev–Trinajstić information content (AvgIpc) is 3.05. The number of aromatic carboxylic acids is 1. The largest absolute Gasteiger partial charge is 0.478 e. The summed E-state index contributed by atoms with van der Waals surface area (Å²) in [5.41, 5.74) is 5.39. The second kappa shape index (κ2) is 8.51. The van der Waals surface area contributed by atoms with Gasteiger partial charge in [-0.3, -0.25) is 14.7 Å². The summed E-state index contributed by atoms with van der Waals surface area (Å²) in [6.45, 7) is 1.37. The van der Waals surface area contributed by atoms with Gasteiger partial charge in [-0.25, -0.2) is 9.48 Å². The minimum Gasteiger partial charge on any atom is -0.478 e. The van der Waals surface area contributed by atoms with E-state index in [0.29, 0.717) is 5.69 Å². The Morgan fingerprint density at radius 2 is 1.67 bits per heavy atom. The monoisotopic (exact) mass is 403 g/mol. The minimum absolute atomic E-state index is 0.105. The van der Waals surface area contributed by atoms with Gasteiger partial charge in [-0.15, -0.1) is 5.73 Å². The molecule has 3 rings (SSSR count). The number of hydrogen-bond acceptors (Lipinski definition) is 4. The molecule has 152 valence electrons. The van der Waals surface area contributed by atoms with Gasteiger partial charge in [0.1, 0.15) is 5.69 Å². The van der Waals surface area contributed by atoms with Crippen molar-refractivity contribution in [3.8, 4) is 5.69 Å². The first-order chi connectivity index (χ1) is 14.3. The lowest BCUT2D eigenvalue weighted by molar-refractivity contribution is 0.0696. The van der Waals surface area contributed by atoms with E-state index in [4.69, 9.17) is 5.11 Å². The lowest BCUT2D eigenvalue weighted by Gasteiger charge is -2.11. The number of ketones is 1. The van der Waals surface area contributed by atoms with Gasteiger partial charge < -0.3 is 10.0 Å². The van der Waals surface area contributed by atoms with E-state index in [0.717, 1.165) is 11.3 Å². The number of Topliss-reactive ketones (excluding diaryl/α,β-unsaturated/α-hetero) is 1. The molecule has 0 bridgehead atoms. The van der Waals surface area contributed by atoms with Crippen molar-refractivity contribution in [1.29, 1.82) is 0 Å². The maximum Gasteiger partial charge on any atom is 0.335 e. The molecule has 0 amide bonds. The Hall–Kier alpha value is -4.09. The molecule has 0 radical (unpaired) electrons. The fraction of sp³-hybridized carbons (Fsp3) is 0.130. The third-order valence-corrected chi connectivity index (χ3v) is 4.54. The molecule has 2 N–H and O–H groups in total. The molecule has 0 saturated carbocycles. The molecule has 3 aromatic rings. The quantitative estimate of drug-likeness (QED) is 0.485. The van der Waals surface area contributed by atoms with E-state index in [2.05, 4.69) is 10.8 Å². The number of hydrogen-bond donors (Lipinski definition) is 2. The van der Waals surface area contributed by atoms with Gasteiger partial charge in [0.2, 0.25) is 0 Å². The van der Waals surface area contributed by atoms with E-state index in [1.165, 1.54) is 41.9 Å². The summed E-state index contributed by atoms with van der Waals surface area (Å²) in [5, 5.41) is 11.8. The van der Waals surface area contributed by atoms with E-state index >= 15 is 0 Å². The Morgan fingerprint density at radius 3 is 2.20 bits per heavy atom. The molecule has 0 aliphatic carbocycles. The van der Waals surface area contributed by atoms with E-state index in [9.17, 15) is 14.4 Å². The highest BCUT2D eigenvalue weighted by Gasteiger charge is 2.16. The summed E-state index contributed by atoms with van der Waals surface area (Å²) < 4.78 is 1.21. The van der Waals surface area contributed by atoms with Crippen molar-refractivity contribution in [1.82, 2.24) is 9.78 Å². The number of carbonyl (C=O) groups excluding carboxylic acids is 1. The number of H-pyrrole nitrogens is 1. The summed E-state index contributed by atoms with van der Waals surface area (Å²) >= 11 is 0. The zero-order valence-corrected chi connectivity index (χ0v) is 16.8. The van der Waals surface area contributed by atoms with Crippen LogP contribution < -0.4 is 10.5 Å². The van der Waals surface area contributed by atoms with Gasteiger partial charge in [0.25, 0.3) is 5.56 Å². The van der Waals surface area contributed by atoms with E-state index in [1.54, 1.807) is 6.08 Å². The normalized spacial score (nSPS) is 10.2. The number of rotatable bonds is 6. The summed E-state index contributed by atoms with van der Waals surface area (Å²) in [6.07, 6.45) is 3.19. The molecule has 0 saturated heterocycles. The van der Waals surface area contributed by atoms with Crippen molar-refractivity contribution in [2.24, 2.45) is 0 Å². The van der Waals surface area contributed by atoms with Gasteiger partial charge in [0.15, 0.2) is 5.78 Å². The standard InChI is InChI=1S/C23H21N3O4/c1-15(27)21-20(6-4-5-16-7-11-18(12-8-16)25(2)3)22(28)26(24-21)19-13-9-17(10-14-19)23(29)30/h5-14,24H,1-3H3,(H,29,30). The predicted molar refractivity (Wildman–Crippen MR) is 117 cm³/mol. The lowest BCUT2D eigenvalue weighted by Crippen LogP contribution is -2.15. The van der Waals surface area contributed by atoms with Crippen LogP contribution in [0.1, 0.15) is 38.9 Å². The van der Waals surface area contributed by atoms with Crippen LogP contribution >= 0.6 is 0 Å². The second-order valence-electron chi connectivity index (χ2n) is 6.89. The number of carboxylic acids is 1. The molecular formula is C23H21N3O4. The maximum atomic E-state index is 12.8. The molecule has 0 unspecified atom stereocenters. The summed E-state index contributed by atoms with van der Waals surface area (Å²) in [5.74, 6) is -1.35. The topological polar surface area (TPSA) is 95.4 Å². The van der Waals surface area contributed by atoms with Crippen molar-refractivity contribution in [3.05, 3.63) is 87.0 Å². The van der Waals surface area contributed by atoms with Crippen LogP contribution in [0.2, 0.25) is 0 Å². The lowest BCUT2D eigenvalue weighted by atomic mass is 10.1. The molecule has 1 aromatic heterocycles. The van der Waals surface area contributed by atoms with Crippen LogP contribution in [0.25, 0.3) is 17.8 Å². The van der Waals surface area contributed by atoms with Crippen LogP contribution in [-0.4, -0.2) is 40.7 Å².